The van der Waals surface area contributed by atoms with Gasteiger partial charge in [0.15, 0.2) is 0 Å². The van der Waals surface area contributed by atoms with Gasteiger partial charge in [-0.25, -0.2) is 4.79 Å². The van der Waals surface area contributed by atoms with Crippen molar-refractivity contribution in [2.75, 3.05) is 26.7 Å². The Kier molecular flexibility index (Phi) is 4.17. The number of pyridine rings is 1. The van der Waals surface area contributed by atoms with Crippen LogP contribution in [0.3, 0.4) is 0 Å². The fourth-order valence-corrected chi connectivity index (χ4v) is 3.74. The van der Waals surface area contributed by atoms with Crippen molar-refractivity contribution in [2.24, 2.45) is 0 Å². The highest BCUT2D eigenvalue weighted by atomic mass is 16.6. The van der Waals surface area contributed by atoms with Gasteiger partial charge >= 0.3 is 6.09 Å². The molecule has 2 fully saturated rings. The Morgan fingerprint density at radius 2 is 1.88 bits per heavy atom. The summed E-state index contributed by atoms with van der Waals surface area (Å²) in [5.41, 5.74) is 3.19. The van der Waals surface area contributed by atoms with E-state index in [-0.39, 0.29) is 11.7 Å². The molecule has 1 aromatic heterocycles. The molecule has 0 unspecified atom stereocenters. The summed E-state index contributed by atoms with van der Waals surface area (Å²) in [5, 5.41) is 0. The highest BCUT2D eigenvalue weighted by Gasteiger charge is 2.45. The summed E-state index contributed by atoms with van der Waals surface area (Å²) in [5.74, 6) is 0. The monoisotopic (exact) mass is 337 g/mol. The number of hydrogen-bond donors (Lipinski definition) is 0. The van der Waals surface area contributed by atoms with Crippen LogP contribution in [0.2, 0.25) is 0 Å². The summed E-state index contributed by atoms with van der Waals surface area (Å²) in [6.07, 6.45) is 3.46. The molecule has 2 aromatic rings. The lowest BCUT2D eigenvalue weighted by Gasteiger charge is -2.37. The van der Waals surface area contributed by atoms with Crippen molar-refractivity contribution in [2.45, 2.75) is 25.0 Å². The van der Waals surface area contributed by atoms with Crippen molar-refractivity contribution in [3.05, 3.63) is 54.2 Å². The predicted molar refractivity (Wildman–Crippen MR) is 96.0 cm³/mol. The number of piperidine rings is 1. The zero-order chi connectivity index (χ0) is 17.3. The zero-order valence-electron chi connectivity index (χ0n) is 14.5. The summed E-state index contributed by atoms with van der Waals surface area (Å²) in [6, 6.07) is 14.6. The average Bonchev–Trinajstić information content (AvgIpc) is 2.92. The molecule has 4 rings (SSSR count). The molecule has 130 valence electrons. The van der Waals surface area contributed by atoms with E-state index in [1.54, 1.807) is 4.90 Å². The van der Waals surface area contributed by atoms with Gasteiger partial charge in [-0.3, -0.25) is 9.88 Å². The van der Waals surface area contributed by atoms with Crippen LogP contribution >= 0.6 is 0 Å². The van der Waals surface area contributed by atoms with E-state index >= 15 is 0 Å². The number of rotatable bonds is 3. The summed E-state index contributed by atoms with van der Waals surface area (Å²) in [7, 11) is 1.81. The second-order valence-corrected chi connectivity index (χ2v) is 7.10. The summed E-state index contributed by atoms with van der Waals surface area (Å²) < 4.78 is 5.62. The molecule has 0 bridgehead atoms. The molecular formula is C20H23N3O2. The van der Waals surface area contributed by atoms with Gasteiger partial charge < -0.3 is 9.64 Å². The number of likely N-dealkylation sites (tertiary alicyclic amines) is 1. The number of carbonyl (C=O) groups excluding carboxylic acids is 1. The van der Waals surface area contributed by atoms with Gasteiger partial charge in [-0.1, -0.05) is 30.3 Å². The van der Waals surface area contributed by atoms with Crippen molar-refractivity contribution >= 4 is 6.09 Å². The standard InChI is InChI=1S/C20H23N3O2/c1-22-15-20(25-19(22)24)9-12-23(13-10-20)14-16-5-7-17(8-6-16)18-4-2-3-11-21-18/h2-8,11H,9-10,12-15H2,1H3. The Morgan fingerprint density at radius 3 is 2.48 bits per heavy atom. The first-order valence-corrected chi connectivity index (χ1v) is 8.80. The number of carbonyl (C=O) groups is 1. The van der Waals surface area contributed by atoms with Gasteiger partial charge in [0.2, 0.25) is 0 Å². The molecule has 2 saturated heterocycles. The minimum Gasteiger partial charge on any atom is -0.441 e. The lowest BCUT2D eigenvalue weighted by Crippen LogP contribution is -2.46. The molecular weight excluding hydrogens is 314 g/mol. The number of aromatic nitrogens is 1. The second kappa shape index (κ2) is 6.48. The lowest BCUT2D eigenvalue weighted by molar-refractivity contribution is -0.00119. The molecule has 2 aliphatic rings. The van der Waals surface area contributed by atoms with Crippen LogP contribution in [0.25, 0.3) is 11.3 Å². The van der Waals surface area contributed by atoms with E-state index in [0.717, 1.165) is 50.3 Å². The number of nitrogens with zero attached hydrogens (tertiary/aromatic N) is 3. The number of ether oxygens (including phenoxy) is 1. The van der Waals surface area contributed by atoms with Crippen molar-refractivity contribution in [3.63, 3.8) is 0 Å². The molecule has 2 aliphatic heterocycles. The van der Waals surface area contributed by atoms with Crippen LogP contribution in [0.15, 0.2) is 48.7 Å². The highest BCUT2D eigenvalue weighted by Crippen LogP contribution is 2.33. The lowest BCUT2D eigenvalue weighted by atomic mass is 9.91. The van der Waals surface area contributed by atoms with Crippen LogP contribution < -0.4 is 0 Å². The molecule has 1 aromatic carbocycles. The third-order valence-electron chi connectivity index (χ3n) is 5.23. The van der Waals surface area contributed by atoms with Gasteiger partial charge in [0.25, 0.3) is 0 Å². The first-order valence-electron chi connectivity index (χ1n) is 8.80. The minimum absolute atomic E-state index is 0.182. The quantitative estimate of drug-likeness (QED) is 0.863. The molecule has 0 N–H and O–H groups in total. The van der Waals surface area contributed by atoms with E-state index in [2.05, 4.69) is 34.1 Å². The first-order chi connectivity index (χ1) is 12.1. The van der Waals surface area contributed by atoms with Gasteiger partial charge in [0.1, 0.15) is 5.60 Å². The zero-order valence-corrected chi connectivity index (χ0v) is 14.5. The molecule has 0 aliphatic carbocycles. The van der Waals surface area contributed by atoms with E-state index in [0.29, 0.717) is 0 Å². The Balaban J connectivity index is 1.35. The summed E-state index contributed by atoms with van der Waals surface area (Å²) in [4.78, 5) is 20.2. The number of benzene rings is 1. The maximum atomic E-state index is 11.7. The smallest absolute Gasteiger partial charge is 0.410 e. The van der Waals surface area contributed by atoms with Crippen molar-refractivity contribution in [1.82, 2.24) is 14.8 Å². The van der Waals surface area contributed by atoms with Gasteiger partial charge in [-0.15, -0.1) is 0 Å². The van der Waals surface area contributed by atoms with E-state index in [4.69, 9.17) is 4.74 Å². The molecule has 0 radical (unpaired) electrons. The first kappa shape index (κ1) is 16.1. The van der Waals surface area contributed by atoms with Crippen LogP contribution in [0.1, 0.15) is 18.4 Å². The third-order valence-corrected chi connectivity index (χ3v) is 5.23. The molecule has 1 spiro atoms. The summed E-state index contributed by atoms with van der Waals surface area (Å²) >= 11 is 0. The van der Waals surface area contributed by atoms with Crippen molar-refractivity contribution in [3.8, 4) is 11.3 Å². The van der Waals surface area contributed by atoms with Crippen LogP contribution in [0.5, 0.6) is 0 Å². The topological polar surface area (TPSA) is 45.7 Å². The van der Waals surface area contributed by atoms with Crippen LogP contribution in [0.4, 0.5) is 4.79 Å². The molecule has 3 heterocycles. The molecule has 25 heavy (non-hydrogen) atoms. The molecule has 5 heteroatoms. The van der Waals surface area contributed by atoms with Crippen molar-refractivity contribution < 1.29 is 9.53 Å². The van der Waals surface area contributed by atoms with Crippen LogP contribution in [-0.2, 0) is 11.3 Å². The van der Waals surface area contributed by atoms with Gasteiger partial charge in [0.05, 0.1) is 12.2 Å². The predicted octanol–water partition coefficient (Wildman–Crippen LogP) is 3.17. The van der Waals surface area contributed by atoms with E-state index < -0.39 is 0 Å². The van der Waals surface area contributed by atoms with Crippen molar-refractivity contribution in [1.29, 1.82) is 0 Å². The SMILES string of the molecule is CN1CC2(CCN(Cc3ccc(-c4ccccn4)cc3)CC2)OC1=O. The van der Waals surface area contributed by atoms with Gasteiger partial charge in [-0.05, 0) is 17.7 Å². The number of amides is 1. The fraction of sp³-hybridized carbons (Fsp3) is 0.400. The molecule has 5 nitrogen and oxygen atoms in total. The maximum Gasteiger partial charge on any atom is 0.410 e. The molecule has 0 saturated carbocycles. The Labute approximate surface area is 148 Å². The molecule has 1 amide bonds. The van der Waals surface area contributed by atoms with E-state index in [1.807, 2.05) is 31.4 Å². The Bertz CT molecular complexity index is 737. The Hall–Kier alpha value is -2.40. The third kappa shape index (κ3) is 3.37. The van der Waals surface area contributed by atoms with Gasteiger partial charge in [-0.2, -0.15) is 0 Å². The largest absolute Gasteiger partial charge is 0.441 e. The second-order valence-electron chi connectivity index (χ2n) is 7.10. The average molecular weight is 337 g/mol. The number of likely N-dealkylation sites (N-methyl/N-ethyl adjacent to an activating group) is 1. The fourth-order valence-electron chi connectivity index (χ4n) is 3.74. The minimum atomic E-state index is -0.259. The normalized spacial score (nSPS) is 20.0. The molecule has 0 atom stereocenters. The van der Waals surface area contributed by atoms with E-state index in [1.165, 1.54) is 5.56 Å². The highest BCUT2D eigenvalue weighted by molar-refractivity contribution is 5.70. The maximum absolute atomic E-state index is 11.7. The van der Waals surface area contributed by atoms with E-state index in [9.17, 15) is 4.79 Å². The summed E-state index contributed by atoms with van der Waals surface area (Å²) in [6.45, 7) is 3.58. The van der Waals surface area contributed by atoms with Gasteiger partial charge in [0, 0.05) is 51.3 Å². The number of hydrogen-bond acceptors (Lipinski definition) is 4. The Morgan fingerprint density at radius 1 is 1.12 bits per heavy atom. The van der Waals surface area contributed by atoms with Crippen LogP contribution in [-0.4, -0.2) is 53.2 Å². The van der Waals surface area contributed by atoms with Crippen LogP contribution in [0, 0.1) is 0 Å².